The molecular formula is C17H22BrNOS. The van der Waals surface area contributed by atoms with Crippen LogP contribution in [0.15, 0.2) is 40.2 Å². The first kappa shape index (κ1) is 16.5. The summed E-state index contributed by atoms with van der Waals surface area (Å²) in [5, 5.41) is 5.76. The lowest BCUT2D eigenvalue weighted by Crippen LogP contribution is -2.22. The Morgan fingerprint density at radius 2 is 1.95 bits per heavy atom. The minimum atomic E-state index is 0.251. The van der Waals surface area contributed by atoms with Crippen LogP contribution in [0.25, 0.3) is 0 Å². The molecule has 0 aliphatic carbocycles. The van der Waals surface area contributed by atoms with E-state index in [-0.39, 0.29) is 6.04 Å². The molecule has 0 aliphatic rings. The van der Waals surface area contributed by atoms with Gasteiger partial charge < -0.3 is 10.1 Å². The first-order valence-electron chi connectivity index (χ1n) is 7.44. The lowest BCUT2D eigenvalue weighted by Gasteiger charge is -2.18. The van der Waals surface area contributed by atoms with Crippen molar-refractivity contribution < 1.29 is 4.74 Å². The molecule has 21 heavy (non-hydrogen) atoms. The van der Waals surface area contributed by atoms with Crippen LogP contribution in [0.1, 0.15) is 43.2 Å². The first-order valence-corrected chi connectivity index (χ1v) is 9.12. The van der Waals surface area contributed by atoms with Crippen molar-refractivity contribution in [2.24, 2.45) is 0 Å². The predicted octanol–water partition coefficient (Wildman–Crippen LogP) is 5.39. The molecule has 1 aromatic carbocycles. The van der Waals surface area contributed by atoms with Crippen molar-refractivity contribution in [3.63, 3.8) is 0 Å². The van der Waals surface area contributed by atoms with Crippen molar-refractivity contribution in [2.45, 2.75) is 32.7 Å². The number of ether oxygens (including phenoxy) is 1. The van der Waals surface area contributed by atoms with Gasteiger partial charge in [0.2, 0.25) is 0 Å². The summed E-state index contributed by atoms with van der Waals surface area (Å²) in [5.74, 6) is 0.946. The third-order valence-corrected chi connectivity index (χ3v) is 4.92. The highest BCUT2D eigenvalue weighted by Crippen LogP contribution is 2.31. The largest absolute Gasteiger partial charge is 0.494 e. The maximum atomic E-state index is 5.66. The third kappa shape index (κ3) is 4.83. The zero-order valence-corrected chi connectivity index (χ0v) is 15.0. The maximum Gasteiger partial charge on any atom is 0.119 e. The summed E-state index contributed by atoms with van der Waals surface area (Å²) in [4.78, 5) is 1.33. The minimum Gasteiger partial charge on any atom is -0.494 e. The second-order valence-corrected chi connectivity index (χ2v) is 6.83. The highest BCUT2D eigenvalue weighted by molar-refractivity contribution is 9.10. The van der Waals surface area contributed by atoms with Gasteiger partial charge in [-0.05, 0) is 59.1 Å². The maximum absolute atomic E-state index is 5.66. The van der Waals surface area contributed by atoms with Crippen molar-refractivity contribution in [1.82, 2.24) is 5.32 Å². The average molecular weight is 368 g/mol. The van der Waals surface area contributed by atoms with Gasteiger partial charge in [0.1, 0.15) is 5.75 Å². The summed E-state index contributed by atoms with van der Waals surface area (Å²) in [6.45, 7) is 6.09. The molecule has 1 atom stereocenters. The van der Waals surface area contributed by atoms with Gasteiger partial charge in [0.25, 0.3) is 0 Å². The molecule has 0 saturated heterocycles. The standard InChI is InChI=1S/C17H22BrNOS/c1-3-9-19-17(16-11-14(18)12-21-16)13-5-7-15(8-6-13)20-10-4-2/h5-8,11-12,17,19H,3-4,9-10H2,1-2H3. The second kappa shape index (κ2) is 8.57. The van der Waals surface area contributed by atoms with E-state index in [1.807, 2.05) is 0 Å². The molecule has 4 heteroatoms. The Morgan fingerprint density at radius 1 is 1.19 bits per heavy atom. The van der Waals surface area contributed by atoms with E-state index in [9.17, 15) is 0 Å². The van der Waals surface area contributed by atoms with Crippen molar-refractivity contribution in [3.05, 3.63) is 50.6 Å². The zero-order chi connectivity index (χ0) is 15.1. The number of nitrogens with one attached hydrogen (secondary N) is 1. The van der Waals surface area contributed by atoms with Gasteiger partial charge >= 0.3 is 0 Å². The summed E-state index contributed by atoms with van der Waals surface area (Å²) >= 11 is 5.32. The Hall–Kier alpha value is -0.840. The van der Waals surface area contributed by atoms with Gasteiger partial charge in [-0.15, -0.1) is 11.3 Å². The van der Waals surface area contributed by atoms with Gasteiger partial charge in [-0.25, -0.2) is 0 Å². The summed E-state index contributed by atoms with van der Waals surface area (Å²) < 4.78 is 6.80. The highest BCUT2D eigenvalue weighted by atomic mass is 79.9. The monoisotopic (exact) mass is 367 g/mol. The fraction of sp³-hybridized carbons (Fsp3) is 0.412. The van der Waals surface area contributed by atoms with Gasteiger partial charge in [0.05, 0.1) is 12.6 Å². The molecule has 2 aromatic rings. The molecule has 0 saturated carbocycles. The Kier molecular flexibility index (Phi) is 6.74. The van der Waals surface area contributed by atoms with Gasteiger partial charge in [-0.3, -0.25) is 0 Å². The topological polar surface area (TPSA) is 21.3 Å². The number of thiophene rings is 1. The molecule has 1 aromatic heterocycles. The van der Waals surface area contributed by atoms with E-state index in [2.05, 4.69) is 70.8 Å². The van der Waals surface area contributed by atoms with Crippen LogP contribution in [-0.2, 0) is 0 Å². The minimum absolute atomic E-state index is 0.251. The Bertz CT molecular complexity index is 538. The Balaban J connectivity index is 2.16. The Morgan fingerprint density at radius 3 is 2.52 bits per heavy atom. The van der Waals surface area contributed by atoms with E-state index in [1.165, 1.54) is 10.4 Å². The molecule has 1 N–H and O–H groups in total. The van der Waals surface area contributed by atoms with Crippen molar-refractivity contribution >= 4 is 27.3 Å². The molecule has 0 aliphatic heterocycles. The molecule has 0 spiro atoms. The molecule has 0 amide bonds. The van der Waals surface area contributed by atoms with Crippen LogP contribution >= 0.6 is 27.3 Å². The van der Waals surface area contributed by atoms with Gasteiger partial charge in [0, 0.05) is 14.7 Å². The number of rotatable bonds is 8. The molecule has 0 fully saturated rings. The number of hydrogen-bond acceptors (Lipinski definition) is 3. The lowest BCUT2D eigenvalue weighted by atomic mass is 10.1. The first-order chi connectivity index (χ1) is 10.2. The van der Waals surface area contributed by atoms with Crippen molar-refractivity contribution in [3.8, 4) is 5.75 Å². The van der Waals surface area contributed by atoms with E-state index in [1.54, 1.807) is 11.3 Å². The van der Waals surface area contributed by atoms with E-state index < -0.39 is 0 Å². The van der Waals surface area contributed by atoms with Crippen LogP contribution in [0.3, 0.4) is 0 Å². The molecular weight excluding hydrogens is 346 g/mol. The third-order valence-electron chi connectivity index (χ3n) is 3.16. The van der Waals surface area contributed by atoms with Crippen molar-refractivity contribution in [1.29, 1.82) is 0 Å². The van der Waals surface area contributed by atoms with Crippen LogP contribution in [0.5, 0.6) is 5.75 Å². The number of halogens is 1. The van der Waals surface area contributed by atoms with Crippen LogP contribution in [-0.4, -0.2) is 13.2 Å². The number of benzene rings is 1. The van der Waals surface area contributed by atoms with Crippen LogP contribution < -0.4 is 10.1 Å². The quantitative estimate of drug-likeness (QED) is 0.675. The van der Waals surface area contributed by atoms with Crippen LogP contribution in [0.2, 0.25) is 0 Å². The van der Waals surface area contributed by atoms with Crippen LogP contribution in [0.4, 0.5) is 0 Å². The van der Waals surface area contributed by atoms with E-state index in [0.717, 1.165) is 36.2 Å². The molecule has 114 valence electrons. The van der Waals surface area contributed by atoms with E-state index in [0.29, 0.717) is 0 Å². The zero-order valence-electron chi connectivity index (χ0n) is 12.6. The molecule has 1 heterocycles. The Labute approximate surface area is 139 Å². The molecule has 0 radical (unpaired) electrons. The fourth-order valence-corrected chi connectivity index (χ4v) is 3.67. The van der Waals surface area contributed by atoms with Gasteiger partial charge in [0.15, 0.2) is 0 Å². The summed E-state index contributed by atoms with van der Waals surface area (Å²) in [5.41, 5.74) is 1.28. The normalized spacial score (nSPS) is 12.3. The molecule has 2 rings (SSSR count). The lowest BCUT2D eigenvalue weighted by molar-refractivity contribution is 0.317. The van der Waals surface area contributed by atoms with E-state index >= 15 is 0 Å². The van der Waals surface area contributed by atoms with Gasteiger partial charge in [-0.2, -0.15) is 0 Å². The summed E-state index contributed by atoms with van der Waals surface area (Å²) in [6.07, 6.45) is 2.16. The van der Waals surface area contributed by atoms with E-state index in [4.69, 9.17) is 4.74 Å². The fourth-order valence-electron chi connectivity index (χ4n) is 2.13. The van der Waals surface area contributed by atoms with Crippen molar-refractivity contribution in [2.75, 3.05) is 13.2 Å². The molecule has 1 unspecified atom stereocenters. The van der Waals surface area contributed by atoms with Gasteiger partial charge in [-0.1, -0.05) is 26.0 Å². The summed E-state index contributed by atoms with van der Waals surface area (Å²) in [6, 6.07) is 10.9. The highest BCUT2D eigenvalue weighted by Gasteiger charge is 2.15. The SMILES string of the molecule is CCCNC(c1ccc(OCCC)cc1)c1cc(Br)cs1. The average Bonchev–Trinajstić information content (AvgIpc) is 2.93. The summed E-state index contributed by atoms with van der Waals surface area (Å²) in [7, 11) is 0. The molecule has 0 bridgehead atoms. The predicted molar refractivity (Wildman–Crippen MR) is 94.4 cm³/mol. The second-order valence-electron chi connectivity index (χ2n) is 4.97. The molecule has 2 nitrogen and oxygen atoms in total. The number of hydrogen-bond donors (Lipinski definition) is 1. The van der Waals surface area contributed by atoms with Crippen LogP contribution in [0, 0.1) is 0 Å². The smallest absolute Gasteiger partial charge is 0.119 e.